The second kappa shape index (κ2) is 6.22. The van der Waals surface area contributed by atoms with Crippen LogP contribution in [0.15, 0.2) is 30.3 Å². The molecule has 2 aromatic rings. The Morgan fingerprint density at radius 3 is 2.68 bits per heavy atom. The van der Waals surface area contributed by atoms with Crippen molar-refractivity contribution in [1.82, 2.24) is 19.8 Å². The van der Waals surface area contributed by atoms with Gasteiger partial charge in [-0.15, -0.1) is 0 Å². The first-order valence-electron chi connectivity index (χ1n) is 7.90. The summed E-state index contributed by atoms with van der Waals surface area (Å²) in [6, 6.07) is 10.2. The Bertz CT molecular complexity index is 646. The minimum absolute atomic E-state index is 0.117. The number of urea groups is 1. The van der Waals surface area contributed by atoms with Crippen LogP contribution in [-0.4, -0.2) is 45.4 Å². The number of H-pyrrole nitrogens is 1. The van der Waals surface area contributed by atoms with Gasteiger partial charge in [-0.25, -0.2) is 9.78 Å². The lowest BCUT2D eigenvalue weighted by molar-refractivity contribution is 0.151. The van der Waals surface area contributed by atoms with Crippen LogP contribution in [0.5, 0.6) is 0 Å². The fourth-order valence-corrected chi connectivity index (χ4v) is 2.88. The van der Waals surface area contributed by atoms with Crippen molar-refractivity contribution in [2.75, 3.05) is 19.6 Å². The van der Waals surface area contributed by atoms with Gasteiger partial charge in [0.05, 0.1) is 17.9 Å². The van der Waals surface area contributed by atoms with Gasteiger partial charge < -0.3 is 14.8 Å². The van der Waals surface area contributed by atoms with E-state index in [1.54, 1.807) is 0 Å². The number of nitrogens with zero attached hydrogens (tertiary/aromatic N) is 3. The zero-order valence-electron chi connectivity index (χ0n) is 13.2. The number of hydrogen-bond donors (Lipinski definition) is 1. The fraction of sp³-hybridized carbons (Fsp3) is 0.412. The van der Waals surface area contributed by atoms with E-state index in [0.717, 1.165) is 48.8 Å². The molecule has 0 spiro atoms. The average molecular weight is 298 g/mol. The van der Waals surface area contributed by atoms with Gasteiger partial charge in [-0.05, 0) is 13.8 Å². The summed E-state index contributed by atoms with van der Waals surface area (Å²) in [5.41, 5.74) is 3.23. The highest BCUT2D eigenvalue weighted by Crippen LogP contribution is 2.23. The molecule has 1 aliphatic heterocycles. The second-order valence-electron chi connectivity index (χ2n) is 5.50. The first-order chi connectivity index (χ1) is 10.7. The van der Waals surface area contributed by atoms with E-state index < -0.39 is 0 Å². The number of aromatic amines is 1. The second-order valence-corrected chi connectivity index (χ2v) is 5.50. The largest absolute Gasteiger partial charge is 0.340 e. The molecule has 0 saturated carbocycles. The molecule has 0 unspecified atom stereocenters. The third kappa shape index (κ3) is 2.71. The topological polar surface area (TPSA) is 52.2 Å². The maximum absolute atomic E-state index is 12.5. The molecule has 116 valence electrons. The summed E-state index contributed by atoms with van der Waals surface area (Å²) >= 11 is 0. The van der Waals surface area contributed by atoms with E-state index in [1.165, 1.54) is 0 Å². The van der Waals surface area contributed by atoms with Crippen LogP contribution in [0.1, 0.15) is 25.2 Å². The average Bonchev–Trinajstić information content (AvgIpc) is 2.99. The first kappa shape index (κ1) is 14.6. The Hall–Kier alpha value is -2.30. The molecule has 1 aromatic carbocycles. The molecule has 22 heavy (non-hydrogen) atoms. The van der Waals surface area contributed by atoms with Crippen LogP contribution in [0.2, 0.25) is 0 Å². The molecule has 0 aliphatic carbocycles. The molecule has 1 N–H and O–H groups in total. The third-order valence-corrected chi connectivity index (χ3v) is 4.18. The van der Waals surface area contributed by atoms with Gasteiger partial charge in [0.15, 0.2) is 0 Å². The molecule has 1 aromatic heterocycles. The number of imidazole rings is 1. The van der Waals surface area contributed by atoms with Gasteiger partial charge in [0.2, 0.25) is 0 Å². The maximum atomic E-state index is 12.5. The summed E-state index contributed by atoms with van der Waals surface area (Å²) in [4.78, 5) is 24.3. The molecule has 0 radical (unpaired) electrons. The van der Waals surface area contributed by atoms with E-state index in [-0.39, 0.29) is 6.03 Å². The van der Waals surface area contributed by atoms with Gasteiger partial charge >= 0.3 is 6.03 Å². The number of rotatable bonds is 3. The highest BCUT2D eigenvalue weighted by Gasteiger charge is 2.26. The molecule has 5 heteroatoms. The van der Waals surface area contributed by atoms with Crippen LogP contribution >= 0.6 is 0 Å². The zero-order valence-corrected chi connectivity index (χ0v) is 13.2. The molecular weight excluding hydrogens is 276 g/mol. The highest BCUT2D eigenvalue weighted by atomic mass is 16.2. The Labute approximate surface area is 131 Å². The van der Waals surface area contributed by atoms with Crippen LogP contribution in [0, 0.1) is 0 Å². The summed E-state index contributed by atoms with van der Waals surface area (Å²) in [5.74, 6) is 0.891. The molecule has 5 nitrogen and oxygen atoms in total. The molecule has 2 heterocycles. The number of carbonyl (C=O) groups is 1. The number of fused-ring (bicyclic) bond motifs is 1. The quantitative estimate of drug-likeness (QED) is 0.947. The summed E-state index contributed by atoms with van der Waals surface area (Å²) in [5, 5.41) is 0. The van der Waals surface area contributed by atoms with E-state index in [1.807, 2.05) is 54.0 Å². The van der Waals surface area contributed by atoms with Crippen LogP contribution in [-0.2, 0) is 13.0 Å². The fourth-order valence-electron chi connectivity index (χ4n) is 2.88. The number of hydrogen-bond acceptors (Lipinski definition) is 2. The molecule has 2 amide bonds. The van der Waals surface area contributed by atoms with Crippen molar-refractivity contribution in [2.45, 2.75) is 26.8 Å². The molecular formula is C17H22N4O. The normalized spacial score (nSPS) is 13.8. The monoisotopic (exact) mass is 298 g/mol. The SMILES string of the molecule is CCN(CC)C(=O)N1CCc2nc(-c3ccccc3)[nH]c2C1. The van der Waals surface area contributed by atoms with Gasteiger partial charge in [-0.2, -0.15) is 0 Å². The van der Waals surface area contributed by atoms with E-state index in [4.69, 9.17) is 4.98 Å². The summed E-state index contributed by atoms with van der Waals surface area (Å²) < 4.78 is 0. The number of aromatic nitrogens is 2. The lowest BCUT2D eigenvalue weighted by Crippen LogP contribution is -2.45. The van der Waals surface area contributed by atoms with Crippen molar-refractivity contribution in [2.24, 2.45) is 0 Å². The number of nitrogens with one attached hydrogen (secondary N) is 1. The molecule has 0 bridgehead atoms. The summed E-state index contributed by atoms with van der Waals surface area (Å²) in [7, 11) is 0. The van der Waals surface area contributed by atoms with Crippen molar-refractivity contribution in [3.8, 4) is 11.4 Å². The van der Waals surface area contributed by atoms with Crippen LogP contribution in [0.25, 0.3) is 11.4 Å². The predicted molar refractivity (Wildman–Crippen MR) is 86.5 cm³/mol. The smallest absolute Gasteiger partial charge is 0.320 e. The van der Waals surface area contributed by atoms with Crippen molar-refractivity contribution in [1.29, 1.82) is 0 Å². The van der Waals surface area contributed by atoms with E-state index in [0.29, 0.717) is 6.54 Å². The van der Waals surface area contributed by atoms with Gasteiger partial charge in [-0.1, -0.05) is 30.3 Å². The molecule has 3 rings (SSSR count). The van der Waals surface area contributed by atoms with Gasteiger partial charge in [0.25, 0.3) is 0 Å². The van der Waals surface area contributed by atoms with Crippen LogP contribution in [0.4, 0.5) is 4.79 Å². The minimum atomic E-state index is 0.117. The van der Waals surface area contributed by atoms with Crippen molar-refractivity contribution in [3.63, 3.8) is 0 Å². The Balaban J connectivity index is 1.79. The zero-order chi connectivity index (χ0) is 15.5. The van der Waals surface area contributed by atoms with E-state index in [2.05, 4.69) is 4.98 Å². The van der Waals surface area contributed by atoms with Gasteiger partial charge in [0.1, 0.15) is 5.82 Å². The van der Waals surface area contributed by atoms with Crippen molar-refractivity contribution >= 4 is 6.03 Å². The van der Waals surface area contributed by atoms with Crippen molar-refractivity contribution in [3.05, 3.63) is 41.7 Å². The number of amides is 2. The Kier molecular flexibility index (Phi) is 4.13. The van der Waals surface area contributed by atoms with E-state index >= 15 is 0 Å². The molecule has 0 fully saturated rings. The Morgan fingerprint density at radius 2 is 2.00 bits per heavy atom. The summed E-state index contributed by atoms with van der Waals surface area (Å²) in [6.45, 7) is 6.88. The first-order valence-corrected chi connectivity index (χ1v) is 7.90. The van der Waals surface area contributed by atoms with Crippen molar-refractivity contribution < 1.29 is 4.79 Å². The maximum Gasteiger partial charge on any atom is 0.320 e. The number of carbonyl (C=O) groups excluding carboxylic acids is 1. The van der Waals surface area contributed by atoms with Crippen LogP contribution in [0.3, 0.4) is 0 Å². The standard InChI is InChI=1S/C17H22N4O/c1-3-20(4-2)17(22)21-11-10-14-15(12-21)19-16(18-14)13-8-6-5-7-9-13/h5-9H,3-4,10-12H2,1-2H3,(H,18,19). The predicted octanol–water partition coefficient (Wildman–Crippen LogP) is 2.90. The van der Waals surface area contributed by atoms with Gasteiger partial charge in [-0.3, -0.25) is 0 Å². The third-order valence-electron chi connectivity index (χ3n) is 4.18. The van der Waals surface area contributed by atoms with Gasteiger partial charge in [0, 0.05) is 31.6 Å². The number of benzene rings is 1. The minimum Gasteiger partial charge on any atom is -0.340 e. The van der Waals surface area contributed by atoms with E-state index in [9.17, 15) is 4.79 Å². The summed E-state index contributed by atoms with van der Waals surface area (Å²) in [6.07, 6.45) is 0.811. The lowest BCUT2D eigenvalue weighted by atomic mass is 10.1. The molecule has 0 saturated heterocycles. The molecule has 0 atom stereocenters. The Morgan fingerprint density at radius 1 is 1.27 bits per heavy atom. The molecule has 1 aliphatic rings. The van der Waals surface area contributed by atoms with Crippen LogP contribution < -0.4 is 0 Å². The highest BCUT2D eigenvalue weighted by molar-refractivity contribution is 5.74. The lowest BCUT2D eigenvalue weighted by Gasteiger charge is -2.31.